The van der Waals surface area contributed by atoms with Crippen LogP contribution in [0.15, 0.2) is 48.9 Å². The number of benzene rings is 2. The zero-order valence-corrected chi connectivity index (χ0v) is 19.1. The molecule has 8 heteroatoms. The number of anilines is 2. The number of rotatable bonds is 6. The van der Waals surface area contributed by atoms with E-state index in [9.17, 15) is 5.11 Å². The first-order chi connectivity index (χ1) is 16.0. The van der Waals surface area contributed by atoms with Crippen LogP contribution in [0.5, 0.6) is 5.75 Å². The summed E-state index contributed by atoms with van der Waals surface area (Å²) >= 11 is 0. The number of aliphatic hydroxyl groups excluding tert-OH is 1. The number of ether oxygens (including phenoxy) is 1. The molecule has 0 aliphatic carbocycles. The maximum Gasteiger partial charge on any atom is 0.227 e. The van der Waals surface area contributed by atoms with Gasteiger partial charge in [0.25, 0.3) is 0 Å². The molecule has 2 aromatic heterocycles. The number of hydrogen-bond donors (Lipinski definition) is 2. The van der Waals surface area contributed by atoms with E-state index in [0.717, 1.165) is 53.0 Å². The SMILES string of the molecule is COc1cc2c(cc1Nc1ncc3ccc(-c4cnn(CC(C)O)c4)cc3n1)CN(C)CC2. The minimum atomic E-state index is -0.447. The summed E-state index contributed by atoms with van der Waals surface area (Å²) in [6.45, 7) is 4.18. The van der Waals surface area contributed by atoms with Crippen LogP contribution in [0.2, 0.25) is 0 Å². The average molecular weight is 445 g/mol. The van der Waals surface area contributed by atoms with E-state index in [2.05, 4.69) is 39.5 Å². The van der Waals surface area contributed by atoms with Gasteiger partial charge in [0, 0.05) is 36.4 Å². The molecule has 0 amide bonds. The minimum absolute atomic E-state index is 0.447. The van der Waals surface area contributed by atoms with Crippen molar-refractivity contribution in [3.8, 4) is 16.9 Å². The quantitative estimate of drug-likeness (QED) is 0.470. The molecule has 3 heterocycles. The maximum absolute atomic E-state index is 9.60. The normalized spacial score (nSPS) is 14.8. The molecule has 0 spiro atoms. The number of fused-ring (bicyclic) bond motifs is 2. The van der Waals surface area contributed by atoms with Crippen molar-refractivity contribution in [2.75, 3.05) is 26.0 Å². The predicted octanol–water partition coefficient (Wildman–Crippen LogP) is 3.61. The van der Waals surface area contributed by atoms with Crippen LogP contribution in [-0.4, -0.2) is 56.6 Å². The second-order valence-electron chi connectivity index (χ2n) is 8.70. The summed E-state index contributed by atoms with van der Waals surface area (Å²) < 4.78 is 7.39. The molecule has 1 aliphatic heterocycles. The number of nitrogens with one attached hydrogen (secondary N) is 1. The van der Waals surface area contributed by atoms with Gasteiger partial charge >= 0.3 is 0 Å². The third-order valence-corrected chi connectivity index (χ3v) is 5.97. The second kappa shape index (κ2) is 8.80. The first-order valence-electron chi connectivity index (χ1n) is 11.1. The zero-order valence-electron chi connectivity index (χ0n) is 19.1. The molecule has 1 atom stereocenters. The van der Waals surface area contributed by atoms with Crippen LogP contribution < -0.4 is 10.1 Å². The van der Waals surface area contributed by atoms with E-state index in [4.69, 9.17) is 9.72 Å². The molecule has 0 saturated heterocycles. The Hall–Kier alpha value is -3.49. The lowest BCUT2D eigenvalue weighted by Gasteiger charge is -2.26. The maximum atomic E-state index is 9.60. The van der Waals surface area contributed by atoms with Crippen LogP contribution >= 0.6 is 0 Å². The topological polar surface area (TPSA) is 88.3 Å². The summed E-state index contributed by atoms with van der Waals surface area (Å²) in [6, 6.07) is 10.3. The van der Waals surface area contributed by atoms with E-state index in [0.29, 0.717) is 12.5 Å². The van der Waals surface area contributed by atoms with Gasteiger partial charge in [0.05, 0.1) is 37.2 Å². The average Bonchev–Trinajstić information content (AvgIpc) is 3.26. The van der Waals surface area contributed by atoms with Gasteiger partial charge in [-0.1, -0.05) is 12.1 Å². The first-order valence-corrected chi connectivity index (χ1v) is 11.1. The van der Waals surface area contributed by atoms with Crippen molar-refractivity contribution in [1.82, 2.24) is 24.6 Å². The third-order valence-electron chi connectivity index (χ3n) is 5.97. The van der Waals surface area contributed by atoms with Crippen molar-refractivity contribution in [2.24, 2.45) is 0 Å². The van der Waals surface area contributed by atoms with Gasteiger partial charge in [0.15, 0.2) is 0 Å². The molecule has 170 valence electrons. The number of nitrogens with zero attached hydrogens (tertiary/aromatic N) is 5. The Bertz CT molecular complexity index is 1300. The zero-order chi connectivity index (χ0) is 22.9. The van der Waals surface area contributed by atoms with E-state index in [1.807, 2.05) is 30.6 Å². The summed E-state index contributed by atoms with van der Waals surface area (Å²) in [7, 11) is 3.82. The van der Waals surface area contributed by atoms with Gasteiger partial charge in [-0.25, -0.2) is 9.97 Å². The third kappa shape index (κ3) is 4.53. The Morgan fingerprint density at radius 2 is 2.03 bits per heavy atom. The van der Waals surface area contributed by atoms with E-state index >= 15 is 0 Å². The summed E-state index contributed by atoms with van der Waals surface area (Å²) in [5.41, 5.74) is 6.32. The highest BCUT2D eigenvalue weighted by molar-refractivity contribution is 5.84. The second-order valence-corrected chi connectivity index (χ2v) is 8.70. The molecule has 2 N–H and O–H groups in total. The summed E-state index contributed by atoms with van der Waals surface area (Å²) in [5.74, 6) is 1.31. The van der Waals surface area contributed by atoms with Crippen LogP contribution in [0.25, 0.3) is 22.0 Å². The van der Waals surface area contributed by atoms with E-state index in [1.165, 1.54) is 11.1 Å². The van der Waals surface area contributed by atoms with Gasteiger partial charge in [0.2, 0.25) is 5.95 Å². The molecule has 33 heavy (non-hydrogen) atoms. The molecular weight excluding hydrogens is 416 g/mol. The highest BCUT2D eigenvalue weighted by Gasteiger charge is 2.17. The Labute approximate surface area is 192 Å². The Morgan fingerprint density at radius 3 is 2.85 bits per heavy atom. The fraction of sp³-hybridized carbons (Fsp3) is 0.320. The summed E-state index contributed by atoms with van der Waals surface area (Å²) in [4.78, 5) is 11.6. The van der Waals surface area contributed by atoms with Crippen molar-refractivity contribution >= 4 is 22.5 Å². The lowest BCUT2D eigenvalue weighted by molar-refractivity contribution is 0.168. The summed E-state index contributed by atoms with van der Waals surface area (Å²) in [6.07, 6.45) is 6.13. The highest BCUT2D eigenvalue weighted by atomic mass is 16.5. The largest absolute Gasteiger partial charge is 0.495 e. The van der Waals surface area contributed by atoms with Crippen LogP contribution in [0.1, 0.15) is 18.1 Å². The molecule has 1 aliphatic rings. The first kappa shape index (κ1) is 21.4. The van der Waals surface area contributed by atoms with Crippen LogP contribution in [0, 0.1) is 0 Å². The van der Waals surface area contributed by atoms with Crippen LogP contribution in [0.4, 0.5) is 11.6 Å². The smallest absolute Gasteiger partial charge is 0.227 e. The fourth-order valence-electron chi connectivity index (χ4n) is 4.26. The molecule has 5 rings (SSSR count). The molecule has 0 saturated carbocycles. The number of likely N-dealkylation sites (N-methyl/N-ethyl adjacent to an activating group) is 1. The van der Waals surface area contributed by atoms with E-state index < -0.39 is 6.10 Å². The molecule has 0 radical (unpaired) electrons. The van der Waals surface area contributed by atoms with E-state index in [-0.39, 0.29) is 0 Å². The minimum Gasteiger partial charge on any atom is -0.495 e. The fourth-order valence-corrected chi connectivity index (χ4v) is 4.26. The van der Waals surface area contributed by atoms with Gasteiger partial charge in [-0.3, -0.25) is 4.68 Å². The monoisotopic (exact) mass is 444 g/mol. The van der Waals surface area contributed by atoms with Gasteiger partial charge in [0.1, 0.15) is 5.75 Å². The molecule has 0 bridgehead atoms. The number of aliphatic hydroxyl groups is 1. The van der Waals surface area contributed by atoms with Crippen molar-refractivity contribution in [2.45, 2.75) is 32.5 Å². The Balaban J connectivity index is 1.45. The van der Waals surface area contributed by atoms with Crippen LogP contribution in [0.3, 0.4) is 0 Å². The van der Waals surface area contributed by atoms with Crippen molar-refractivity contribution in [3.05, 3.63) is 60.0 Å². The highest BCUT2D eigenvalue weighted by Crippen LogP contribution is 2.33. The van der Waals surface area contributed by atoms with Crippen LogP contribution in [-0.2, 0) is 19.5 Å². The molecule has 0 fully saturated rings. The lowest BCUT2D eigenvalue weighted by atomic mass is 9.99. The van der Waals surface area contributed by atoms with Gasteiger partial charge in [-0.05, 0) is 55.3 Å². The van der Waals surface area contributed by atoms with Crippen molar-refractivity contribution < 1.29 is 9.84 Å². The standard InChI is InChI=1S/C25H28N6O2/c1-16(32)13-31-15-21(12-27-31)17-4-5-19-11-26-25(28-22(19)8-17)29-23-9-20-14-30(2)7-6-18(20)10-24(23)33-3/h4-5,8-12,15-16,32H,6-7,13-14H2,1-3H3,(H,26,28,29). The summed E-state index contributed by atoms with van der Waals surface area (Å²) in [5, 5.41) is 18.3. The van der Waals surface area contributed by atoms with Gasteiger partial charge in [-0.2, -0.15) is 5.10 Å². The lowest BCUT2D eigenvalue weighted by Crippen LogP contribution is -2.26. The number of aromatic nitrogens is 4. The van der Waals surface area contributed by atoms with Gasteiger partial charge < -0.3 is 20.1 Å². The van der Waals surface area contributed by atoms with Crippen molar-refractivity contribution in [1.29, 1.82) is 0 Å². The molecule has 1 unspecified atom stereocenters. The number of methoxy groups -OCH3 is 1. The molecular formula is C25H28N6O2. The van der Waals surface area contributed by atoms with Crippen molar-refractivity contribution in [3.63, 3.8) is 0 Å². The Morgan fingerprint density at radius 1 is 1.15 bits per heavy atom. The van der Waals surface area contributed by atoms with Gasteiger partial charge in [-0.15, -0.1) is 0 Å². The molecule has 2 aromatic carbocycles. The Kier molecular flexibility index (Phi) is 5.70. The number of hydrogen-bond acceptors (Lipinski definition) is 7. The molecule has 4 aromatic rings. The van der Waals surface area contributed by atoms with E-state index in [1.54, 1.807) is 24.9 Å². The predicted molar refractivity (Wildman–Crippen MR) is 129 cm³/mol. The molecule has 8 nitrogen and oxygen atoms in total.